The van der Waals surface area contributed by atoms with Gasteiger partial charge in [0.15, 0.2) is 12.5 Å². The first-order chi connectivity index (χ1) is 12.3. The molecule has 0 bridgehead atoms. The number of hydrogen-bond donors (Lipinski definition) is 0. The van der Waals surface area contributed by atoms with Gasteiger partial charge in [0.25, 0.3) is 0 Å². The number of anilines is 2. The number of nitriles is 2. The van der Waals surface area contributed by atoms with Crippen LogP contribution in [-0.2, 0) is 9.47 Å². The van der Waals surface area contributed by atoms with Gasteiger partial charge in [-0.2, -0.15) is 10.5 Å². The number of ether oxygens (including phenoxy) is 2. The minimum absolute atomic E-state index is 0.414. The molecule has 132 valence electrons. The first kappa shape index (κ1) is 16.7. The molecule has 0 amide bonds. The number of hydrogen-bond acceptors (Lipinski definition) is 6. The summed E-state index contributed by atoms with van der Waals surface area (Å²) in [7, 11) is 0. The fraction of sp³-hybridized carbons (Fsp3) is 0.400. The molecule has 2 atom stereocenters. The van der Waals surface area contributed by atoms with E-state index in [1.807, 2.05) is 61.8 Å². The Labute approximate surface area is 153 Å². The van der Waals surface area contributed by atoms with Crippen LogP contribution in [0.2, 0.25) is 0 Å². The molecule has 6 heteroatoms. The molecule has 0 N–H and O–H groups in total. The molecule has 1 aromatic rings. The maximum absolute atomic E-state index is 9.28. The highest BCUT2D eigenvalue weighted by molar-refractivity contribution is 5.81. The zero-order valence-corrected chi connectivity index (χ0v) is 15.2. The molecule has 2 unspecified atom stereocenters. The molecule has 3 heterocycles. The van der Waals surface area contributed by atoms with E-state index in [1.165, 1.54) is 0 Å². The number of nitrogens with zero attached hydrogens (tertiary/aromatic N) is 4. The van der Waals surface area contributed by atoms with Gasteiger partial charge in [0, 0.05) is 12.2 Å². The normalized spacial score (nSPS) is 30.5. The minimum Gasteiger partial charge on any atom is -0.341 e. The number of rotatable bonds is 0. The van der Waals surface area contributed by atoms with E-state index in [0.29, 0.717) is 0 Å². The highest BCUT2D eigenvalue weighted by Crippen LogP contribution is 2.54. The van der Waals surface area contributed by atoms with Gasteiger partial charge >= 0.3 is 0 Å². The molecular weight excluding hydrogens is 328 g/mol. The standard InChI is InChI=1S/C20H20N4O2/c1-19(2)15(9-11-21)23-13-7-5-6-8-14(13)24-16(10-12-22)20(3,4)26-18(24)17(23)25-19/h5-10,17-18H,1-4H3/b15-9-,16-10+. The second-order valence-corrected chi connectivity index (χ2v) is 7.58. The topological polar surface area (TPSA) is 72.5 Å². The van der Waals surface area contributed by atoms with Crippen LogP contribution in [0.25, 0.3) is 0 Å². The molecule has 3 aliphatic rings. The molecule has 6 nitrogen and oxygen atoms in total. The number of fused-ring (bicyclic) bond motifs is 6. The molecule has 0 spiro atoms. The number of allylic oxidation sites excluding steroid dienone is 2. The first-order valence-corrected chi connectivity index (χ1v) is 8.55. The smallest absolute Gasteiger partial charge is 0.181 e. The highest BCUT2D eigenvalue weighted by Gasteiger charge is 2.58. The van der Waals surface area contributed by atoms with Gasteiger partial charge in [-0.1, -0.05) is 12.1 Å². The van der Waals surface area contributed by atoms with Crippen molar-refractivity contribution in [3.8, 4) is 12.1 Å². The van der Waals surface area contributed by atoms with Crippen LogP contribution < -0.4 is 9.80 Å². The summed E-state index contributed by atoms with van der Waals surface area (Å²) in [5.74, 6) is 0. The monoisotopic (exact) mass is 348 g/mol. The summed E-state index contributed by atoms with van der Waals surface area (Å²) in [5.41, 5.74) is 2.22. The van der Waals surface area contributed by atoms with E-state index in [0.717, 1.165) is 22.8 Å². The predicted molar refractivity (Wildman–Crippen MR) is 96.7 cm³/mol. The largest absolute Gasteiger partial charge is 0.341 e. The fourth-order valence-electron chi connectivity index (χ4n) is 4.07. The molecule has 0 aromatic heterocycles. The van der Waals surface area contributed by atoms with Crippen molar-refractivity contribution in [2.45, 2.75) is 51.4 Å². The summed E-state index contributed by atoms with van der Waals surface area (Å²) in [5, 5.41) is 18.6. The van der Waals surface area contributed by atoms with E-state index in [2.05, 4.69) is 12.1 Å². The molecule has 1 aromatic carbocycles. The maximum atomic E-state index is 9.28. The lowest BCUT2D eigenvalue weighted by molar-refractivity contribution is -0.105. The summed E-state index contributed by atoms with van der Waals surface area (Å²) in [6.07, 6.45) is 2.25. The Kier molecular flexibility index (Phi) is 3.43. The lowest BCUT2D eigenvalue weighted by atomic mass is 10.0. The zero-order valence-electron chi connectivity index (χ0n) is 15.2. The third kappa shape index (κ3) is 2.10. The van der Waals surface area contributed by atoms with Crippen LogP contribution >= 0.6 is 0 Å². The Hall–Kier alpha value is -2.80. The van der Waals surface area contributed by atoms with Gasteiger partial charge in [-0.3, -0.25) is 0 Å². The molecule has 0 aliphatic carbocycles. The highest BCUT2D eigenvalue weighted by atomic mass is 16.6. The Balaban J connectivity index is 1.97. The second-order valence-electron chi connectivity index (χ2n) is 7.58. The van der Waals surface area contributed by atoms with Gasteiger partial charge in [-0.25, -0.2) is 0 Å². The quantitative estimate of drug-likeness (QED) is 0.669. The molecule has 0 radical (unpaired) electrons. The molecule has 26 heavy (non-hydrogen) atoms. The van der Waals surface area contributed by atoms with E-state index in [1.54, 1.807) is 12.2 Å². The van der Waals surface area contributed by atoms with Crippen LogP contribution in [0.1, 0.15) is 27.7 Å². The van der Waals surface area contributed by atoms with E-state index in [9.17, 15) is 10.5 Å². The van der Waals surface area contributed by atoms with Gasteiger partial charge in [-0.05, 0) is 39.8 Å². The molecule has 2 fully saturated rings. The van der Waals surface area contributed by atoms with Crippen molar-refractivity contribution < 1.29 is 9.47 Å². The Bertz CT molecular complexity index is 841. The van der Waals surface area contributed by atoms with Crippen LogP contribution in [-0.4, -0.2) is 23.7 Å². The molecule has 3 aliphatic heterocycles. The Morgan fingerprint density at radius 3 is 1.58 bits per heavy atom. The average Bonchev–Trinajstić information content (AvgIpc) is 3.00. The summed E-state index contributed by atoms with van der Waals surface area (Å²) in [6.45, 7) is 7.81. The summed E-state index contributed by atoms with van der Waals surface area (Å²) in [4.78, 5) is 4.09. The second kappa shape index (κ2) is 5.35. The molecular formula is C20H20N4O2. The van der Waals surface area contributed by atoms with Crippen molar-refractivity contribution in [2.24, 2.45) is 0 Å². The van der Waals surface area contributed by atoms with Crippen LogP contribution in [0.3, 0.4) is 0 Å². The van der Waals surface area contributed by atoms with Crippen molar-refractivity contribution in [3.05, 3.63) is 47.8 Å². The van der Waals surface area contributed by atoms with Gasteiger partial charge in [0.1, 0.15) is 11.2 Å². The van der Waals surface area contributed by atoms with E-state index in [-0.39, 0.29) is 0 Å². The first-order valence-electron chi connectivity index (χ1n) is 8.55. The van der Waals surface area contributed by atoms with Gasteiger partial charge < -0.3 is 19.3 Å². The molecule has 2 saturated heterocycles. The van der Waals surface area contributed by atoms with Crippen molar-refractivity contribution in [1.82, 2.24) is 0 Å². The lowest BCUT2D eigenvalue weighted by Crippen LogP contribution is -2.51. The summed E-state index contributed by atoms with van der Waals surface area (Å²) >= 11 is 0. The minimum atomic E-state index is -0.626. The van der Waals surface area contributed by atoms with Crippen LogP contribution in [0.4, 0.5) is 11.4 Å². The third-order valence-electron chi connectivity index (χ3n) is 5.14. The van der Waals surface area contributed by atoms with Crippen molar-refractivity contribution in [3.63, 3.8) is 0 Å². The molecule has 0 saturated carbocycles. The fourth-order valence-corrected chi connectivity index (χ4v) is 4.07. The van der Waals surface area contributed by atoms with E-state index < -0.39 is 23.7 Å². The SMILES string of the molecule is CC1(C)OC2C3OC(C)(C)/C(=C\C#N)N3c3ccccc3N2/C1=C\C#N. The maximum Gasteiger partial charge on any atom is 0.181 e. The van der Waals surface area contributed by atoms with E-state index in [4.69, 9.17) is 9.47 Å². The zero-order chi connectivity index (χ0) is 18.7. The van der Waals surface area contributed by atoms with Crippen molar-refractivity contribution >= 4 is 11.4 Å². The lowest BCUT2D eigenvalue weighted by Gasteiger charge is -2.41. The Morgan fingerprint density at radius 2 is 1.23 bits per heavy atom. The average molecular weight is 348 g/mol. The molecule has 4 rings (SSSR count). The van der Waals surface area contributed by atoms with Gasteiger partial charge in [0.2, 0.25) is 0 Å². The van der Waals surface area contributed by atoms with Crippen LogP contribution in [0.5, 0.6) is 0 Å². The third-order valence-corrected chi connectivity index (χ3v) is 5.14. The summed E-state index contributed by atoms with van der Waals surface area (Å²) in [6, 6.07) is 12.2. The van der Waals surface area contributed by atoms with Crippen LogP contribution in [0, 0.1) is 22.7 Å². The van der Waals surface area contributed by atoms with Gasteiger partial charge in [-0.15, -0.1) is 0 Å². The number of benzene rings is 1. The predicted octanol–water partition coefficient (Wildman–Crippen LogP) is 3.40. The number of para-hydroxylation sites is 2. The Morgan fingerprint density at radius 1 is 0.846 bits per heavy atom. The summed E-state index contributed by atoms with van der Waals surface area (Å²) < 4.78 is 12.7. The van der Waals surface area contributed by atoms with Crippen molar-refractivity contribution in [2.75, 3.05) is 9.80 Å². The van der Waals surface area contributed by atoms with Gasteiger partial charge in [0.05, 0.1) is 34.9 Å². The van der Waals surface area contributed by atoms with Crippen molar-refractivity contribution in [1.29, 1.82) is 10.5 Å². The van der Waals surface area contributed by atoms with Crippen LogP contribution in [0.15, 0.2) is 47.8 Å². The van der Waals surface area contributed by atoms with E-state index >= 15 is 0 Å².